The number of hydrogen-bond acceptors (Lipinski definition) is 6. The molecule has 0 aliphatic rings. The first kappa shape index (κ1) is 18.6. The second-order valence-electron chi connectivity index (χ2n) is 4.83. The normalized spacial score (nSPS) is 11.9. The summed E-state index contributed by atoms with van der Waals surface area (Å²) in [6, 6.07) is 2.40. The molecule has 1 N–H and O–H groups in total. The van der Waals surface area contributed by atoms with E-state index in [9.17, 15) is 23.6 Å². The van der Waals surface area contributed by atoms with E-state index >= 15 is 0 Å². The fourth-order valence-electron chi connectivity index (χ4n) is 1.91. The highest BCUT2D eigenvalue weighted by molar-refractivity contribution is 7.87. The van der Waals surface area contributed by atoms with E-state index in [4.69, 9.17) is 23.2 Å². The summed E-state index contributed by atoms with van der Waals surface area (Å²) in [6.07, 6.45) is 1.11. The molecule has 0 aliphatic carbocycles. The molecular weight excluding hydrogens is 383 g/mol. The predicted molar refractivity (Wildman–Crippen MR) is 88.3 cm³/mol. The molecule has 130 valence electrons. The minimum Gasteiger partial charge on any atom is -0.388 e. The lowest BCUT2D eigenvalue weighted by atomic mass is 10.1. The van der Waals surface area contributed by atoms with Gasteiger partial charge in [0.15, 0.2) is 0 Å². The molecule has 0 bridgehead atoms. The number of rotatable bonds is 5. The average Bonchev–Trinajstić information content (AvgIpc) is 2.93. The summed E-state index contributed by atoms with van der Waals surface area (Å²) in [5.41, 5.74) is -0.326. The van der Waals surface area contributed by atoms with Gasteiger partial charge < -0.3 is 5.11 Å². The Morgan fingerprint density at radius 2 is 2.00 bits per heavy atom. The molecule has 0 spiro atoms. The Labute approximate surface area is 147 Å². The zero-order valence-corrected chi connectivity index (χ0v) is 14.8. The van der Waals surface area contributed by atoms with Crippen molar-refractivity contribution in [3.8, 4) is 11.3 Å². The zero-order valence-electron chi connectivity index (χ0n) is 12.5. The van der Waals surface area contributed by atoms with E-state index in [0.29, 0.717) is 0 Å². The summed E-state index contributed by atoms with van der Waals surface area (Å²) in [5, 5.41) is 20.2. The van der Waals surface area contributed by atoms with Crippen molar-refractivity contribution in [2.24, 2.45) is 0 Å². The summed E-state index contributed by atoms with van der Waals surface area (Å²) >= 11 is 11.9. The first-order chi connectivity index (χ1) is 11.1. The molecule has 0 fully saturated rings. The molecular formula is C12H12Cl2N4O5S. The monoisotopic (exact) mass is 394 g/mol. The summed E-state index contributed by atoms with van der Waals surface area (Å²) in [7, 11) is -1.31. The van der Waals surface area contributed by atoms with Crippen molar-refractivity contribution in [2.45, 2.75) is 6.61 Å². The van der Waals surface area contributed by atoms with Crippen molar-refractivity contribution in [1.82, 2.24) is 13.3 Å². The van der Waals surface area contributed by atoms with Gasteiger partial charge in [-0.15, -0.1) is 0 Å². The van der Waals surface area contributed by atoms with Gasteiger partial charge in [0.2, 0.25) is 0 Å². The summed E-state index contributed by atoms with van der Waals surface area (Å²) in [6.45, 7) is -0.659. The minimum atomic E-state index is -3.94. The smallest absolute Gasteiger partial charge is 0.308 e. The van der Waals surface area contributed by atoms with E-state index in [-0.39, 0.29) is 27.1 Å². The Hall–Kier alpha value is -1.72. The molecule has 2 aromatic rings. The lowest BCUT2D eigenvalue weighted by molar-refractivity contribution is -0.384. The van der Waals surface area contributed by atoms with Crippen LogP contribution in [0.3, 0.4) is 0 Å². The summed E-state index contributed by atoms with van der Waals surface area (Å²) < 4.78 is 26.2. The molecule has 9 nitrogen and oxygen atoms in total. The largest absolute Gasteiger partial charge is 0.388 e. The number of nitrogens with zero attached hydrogens (tertiary/aromatic N) is 4. The number of hydrogen-bond donors (Lipinski definition) is 1. The number of nitro groups is 1. The van der Waals surface area contributed by atoms with Crippen LogP contribution in [0.15, 0.2) is 18.3 Å². The van der Waals surface area contributed by atoms with Gasteiger partial charge in [-0.05, 0) is 6.07 Å². The molecule has 1 aromatic carbocycles. The van der Waals surface area contributed by atoms with Crippen LogP contribution >= 0.6 is 23.2 Å². The van der Waals surface area contributed by atoms with Crippen molar-refractivity contribution in [3.63, 3.8) is 0 Å². The van der Waals surface area contributed by atoms with E-state index < -0.39 is 27.4 Å². The Balaban J connectivity index is 2.72. The molecule has 0 atom stereocenters. The maximum absolute atomic E-state index is 12.3. The van der Waals surface area contributed by atoms with Gasteiger partial charge in [-0.25, -0.2) is 8.96 Å². The molecule has 1 heterocycles. The highest BCUT2D eigenvalue weighted by Crippen LogP contribution is 2.37. The van der Waals surface area contributed by atoms with Crippen molar-refractivity contribution in [3.05, 3.63) is 44.3 Å². The zero-order chi connectivity index (χ0) is 18.2. The van der Waals surface area contributed by atoms with E-state index in [1.807, 2.05) is 0 Å². The molecule has 0 aliphatic heterocycles. The third kappa shape index (κ3) is 3.23. The van der Waals surface area contributed by atoms with Crippen LogP contribution in [0.1, 0.15) is 5.82 Å². The topological polar surface area (TPSA) is 119 Å². The Bertz CT molecular complexity index is 910. The van der Waals surface area contributed by atoms with E-state index in [0.717, 1.165) is 20.5 Å². The van der Waals surface area contributed by atoms with E-state index in [1.54, 1.807) is 0 Å². The van der Waals surface area contributed by atoms with Crippen LogP contribution < -0.4 is 0 Å². The number of aromatic nitrogens is 2. The van der Waals surface area contributed by atoms with Gasteiger partial charge in [-0.3, -0.25) is 10.1 Å². The standard InChI is InChI=1S/C12H12Cl2N4O5S/c1-16(2)24(22,23)17-5-9(15-11(17)6-19)8-3-7(13)4-10(12(8)14)18(20)21/h3-5,19H,6H2,1-2H3. The second kappa shape index (κ2) is 6.65. The van der Waals surface area contributed by atoms with Crippen LogP contribution in [-0.4, -0.2) is 45.8 Å². The van der Waals surface area contributed by atoms with Crippen LogP contribution in [0, 0.1) is 10.1 Å². The lowest BCUT2D eigenvalue weighted by Gasteiger charge is -2.13. The van der Waals surface area contributed by atoms with E-state index in [1.165, 1.54) is 20.2 Å². The summed E-state index contributed by atoms with van der Waals surface area (Å²) in [4.78, 5) is 14.3. The average molecular weight is 395 g/mol. The number of benzene rings is 1. The van der Waals surface area contributed by atoms with Gasteiger partial charge in [-0.2, -0.15) is 12.7 Å². The molecule has 24 heavy (non-hydrogen) atoms. The highest BCUT2D eigenvalue weighted by atomic mass is 35.5. The molecule has 0 radical (unpaired) electrons. The highest BCUT2D eigenvalue weighted by Gasteiger charge is 2.25. The number of aliphatic hydroxyl groups is 1. The molecule has 1 aromatic heterocycles. The lowest BCUT2D eigenvalue weighted by Crippen LogP contribution is -2.29. The van der Waals surface area contributed by atoms with Crippen LogP contribution in [0.5, 0.6) is 0 Å². The molecule has 0 amide bonds. The van der Waals surface area contributed by atoms with Crippen molar-refractivity contribution < 1.29 is 18.4 Å². The predicted octanol–water partition coefficient (Wildman–Crippen LogP) is 1.91. The van der Waals surface area contributed by atoms with Gasteiger partial charge in [0, 0.05) is 36.9 Å². The Morgan fingerprint density at radius 3 is 2.50 bits per heavy atom. The first-order valence-electron chi connectivity index (χ1n) is 6.35. The van der Waals surface area contributed by atoms with Gasteiger partial charge in [0.25, 0.3) is 5.69 Å². The van der Waals surface area contributed by atoms with E-state index in [2.05, 4.69) is 4.98 Å². The molecule has 0 unspecified atom stereocenters. The number of aliphatic hydroxyl groups excluding tert-OH is 1. The first-order valence-corrected chi connectivity index (χ1v) is 8.50. The van der Waals surface area contributed by atoms with Gasteiger partial charge >= 0.3 is 10.2 Å². The number of nitro benzene ring substituents is 1. The maximum atomic E-state index is 12.3. The second-order valence-corrected chi connectivity index (χ2v) is 7.66. The van der Waals surface area contributed by atoms with Gasteiger partial charge in [0.1, 0.15) is 17.5 Å². The molecule has 2 rings (SSSR count). The van der Waals surface area contributed by atoms with Crippen molar-refractivity contribution in [1.29, 1.82) is 0 Å². The maximum Gasteiger partial charge on any atom is 0.308 e. The molecule has 0 saturated heterocycles. The quantitative estimate of drug-likeness (QED) is 0.610. The molecule has 12 heteroatoms. The van der Waals surface area contributed by atoms with Crippen molar-refractivity contribution >= 4 is 39.1 Å². The fraction of sp³-hybridized carbons (Fsp3) is 0.250. The Kier molecular flexibility index (Phi) is 5.16. The fourth-order valence-corrected chi connectivity index (χ4v) is 3.34. The van der Waals surface area contributed by atoms with Crippen LogP contribution in [0.4, 0.5) is 5.69 Å². The number of halogens is 2. The Morgan fingerprint density at radius 1 is 1.38 bits per heavy atom. The van der Waals surface area contributed by atoms with Gasteiger partial charge in [-0.1, -0.05) is 23.2 Å². The SMILES string of the molecule is CN(C)S(=O)(=O)n1cc(-c2cc(Cl)cc([N+](=O)[O-])c2Cl)nc1CO. The van der Waals surface area contributed by atoms with Crippen LogP contribution in [0.2, 0.25) is 10.0 Å². The molecule has 0 saturated carbocycles. The third-order valence-corrected chi connectivity index (χ3v) is 5.44. The summed E-state index contributed by atoms with van der Waals surface area (Å²) in [5.74, 6) is -0.169. The van der Waals surface area contributed by atoms with Crippen molar-refractivity contribution in [2.75, 3.05) is 14.1 Å². The van der Waals surface area contributed by atoms with Gasteiger partial charge in [0.05, 0.1) is 10.6 Å². The number of imidazole rings is 1. The minimum absolute atomic E-state index is 0.0278. The van der Waals surface area contributed by atoms with Crippen LogP contribution in [0.25, 0.3) is 11.3 Å². The third-order valence-electron chi connectivity index (χ3n) is 3.09. The van der Waals surface area contributed by atoms with Crippen LogP contribution in [-0.2, 0) is 16.8 Å².